The van der Waals surface area contributed by atoms with Gasteiger partial charge in [-0.15, -0.1) is 0 Å². The van der Waals surface area contributed by atoms with E-state index in [0.29, 0.717) is 0 Å². The zero-order chi connectivity index (χ0) is 18.3. The van der Waals surface area contributed by atoms with E-state index in [0.717, 1.165) is 22.3 Å². The fourth-order valence-corrected chi connectivity index (χ4v) is 3.35. The van der Waals surface area contributed by atoms with Gasteiger partial charge in [-0.2, -0.15) is 0 Å². The molecule has 27 heavy (non-hydrogen) atoms. The Labute approximate surface area is 160 Å². The first-order valence-electron chi connectivity index (χ1n) is 9.27. The maximum absolute atomic E-state index is 6.79. The van der Waals surface area contributed by atoms with Crippen molar-refractivity contribution in [2.75, 3.05) is 0 Å². The smallest absolute Gasteiger partial charge is 0.109 e. The molecule has 4 aromatic rings. The lowest BCUT2D eigenvalue weighted by Gasteiger charge is -2.26. The molecule has 0 aliphatic carbocycles. The van der Waals surface area contributed by atoms with Gasteiger partial charge in [0.05, 0.1) is 0 Å². The summed E-state index contributed by atoms with van der Waals surface area (Å²) in [5.74, 6) is 0. The van der Waals surface area contributed by atoms with Crippen LogP contribution in [0.3, 0.4) is 0 Å². The number of benzene rings is 4. The van der Waals surface area contributed by atoms with E-state index in [2.05, 4.69) is 97.1 Å². The summed E-state index contributed by atoms with van der Waals surface area (Å²) in [7, 11) is 0. The van der Waals surface area contributed by atoms with E-state index in [-0.39, 0.29) is 12.2 Å². The van der Waals surface area contributed by atoms with Gasteiger partial charge in [-0.1, -0.05) is 121 Å². The van der Waals surface area contributed by atoms with E-state index in [1.54, 1.807) is 0 Å². The van der Waals surface area contributed by atoms with Gasteiger partial charge in [0.25, 0.3) is 0 Å². The molecule has 0 bridgehead atoms. The van der Waals surface area contributed by atoms with Crippen molar-refractivity contribution in [1.29, 1.82) is 0 Å². The summed E-state index contributed by atoms with van der Waals surface area (Å²) in [5, 5.41) is 0. The third-order valence-corrected chi connectivity index (χ3v) is 4.68. The van der Waals surface area contributed by atoms with Crippen LogP contribution in [0.4, 0.5) is 0 Å². The van der Waals surface area contributed by atoms with Crippen molar-refractivity contribution in [3.05, 3.63) is 144 Å². The molecular formula is C26H22O. The lowest BCUT2D eigenvalue weighted by atomic mass is 9.98. The number of hydrogen-bond donors (Lipinski definition) is 0. The Morgan fingerprint density at radius 1 is 0.333 bits per heavy atom. The molecule has 0 aliphatic rings. The molecule has 0 amide bonds. The second kappa shape index (κ2) is 8.48. The first-order valence-corrected chi connectivity index (χ1v) is 9.27. The highest BCUT2D eigenvalue weighted by Crippen LogP contribution is 2.35. The topological polar surface area (TPSA) is 9.23 Å². The number of hydrogen-bond acceptors (Lipinski definition) is 1. The molecule has 0 radical (unpaired) electrons. The molecule has 0 aromatic heterocycles. The SMILES string of the molecule is c1ccc(C(OC(c2ccccc2)c2ccccc2)c2ccccc2)cc1. The molecule has 1 nitrogen and oxygen atoms in total. The highest BCUT2D eigenvalue weighted by molar-refractivity contribution is 5.33. The highest BCUT2D eigenvalue weighted by Gasteiger charge is 2.22. The molecule has 0 fully saturated rings. The minimum atomic E-state index is -0.141. The lowest BCUT2D eigenvalue weighted by molar-refractivity contribution is 0.0308. The normalized spacial score (nSPS) is 11.0. The van der Waals surface area contributed by atoms with Crippen LogP contribution in [0.25, 0.3) is 0 Å². The monoisotopic (exact) mass is 350 g/mol. The zero-order valence-electron chi connectivity index (χ0n) is 15.1. The lowest BCUT2D eigenvalue weighted by Crippen LogP contribution is -2.13. The molecule has 0 aliphatic heterocycles. The minimum absolute atomic E-state index is 0.141. The second-order valence-corrected chi connectivity index (χ2v) is 6.54. The van der Waals surface area contributed by atoms with Gasteiger partial charge in [0.15, 0.2) is 0 Å². The second-order valence-electron chi connectivity index (χ2n) is 6.54. The van der Waals surface area contributed by atoms with Crippen molar-refractivity contribution in [3.8, 4) is 0 Å². The molecule has 0 saturated carbocycles. The van der Waals surface area contributed by atoms with Crippen LogP contribution in [-0.4, -0.2) is 0 Å². The van der Waals surface area contributed by atoms with Gasteiger partial charge in [0.2, 0.25) is 0 Å². The Morgan fingerprint density at radius 2 is 0.556 bits per heavy atom. The molecule has 4 rings (SSSR count). The molecule has 4 aromatic carbocycles. The highest BCUT2D eigenvalue weighted by atomic mass is 16.5. The van der Waals surface area contributed by atoms with E-state index in [1.165, 1.54) is 0 Å². The Kier molecular flexibility index (Phi) is 5.42. The molecule has 132 valence electrons. The van der Waals surface area contributed by atoms with Crippen molar-refractivity contribution in [1.82, 2.24) is 0 Å². The molecule has 0 unspecified atom stereocenters. The average molecular weight is 350 g/mol. The minimum Gasteiger partial charge on any atom is -0.356 e. The maximum Gasteiger partial charge on any atom is 0.109 e. The third kappa shape index (κ3) is 4.16. The predicted molar refractivity (Wildman–Crippen MR) is 111 cm³/mol. The Hall–Kier alpha value is -3.16. The predicted octanol–water partition coefficient (Wildman–Crippen LogP) is 6.58. The zero-order valence-corrected chi connectivity index (χ0v) is 15.1. The average Bonchev–Trinajstić information content (AvgIpc) is 2.77. The van der Waals surface area contributed by atoms with Crippen molar-refractivity contribution in [2.24, 2.45) is 0 Å². The van der Waals surface area contributed by atoms with Gasteiger partial charge in [-0.25, -0.2) is 0 Å². The van der Waals surface area contributed by atoms with Crippen LogP contribution in [-0.2, 0) is 4.74 Å². The fraction of sp³-hybridized carbons (Fsp3) is 0.0769. The molecule has 0 heterocycles. The first-order chi connectivity index (χ1) is 13.4. The van der Waals surface area contributed by atoms with E-state index < -0.39 is 0 Å². The van der Waals surface area contributed by atoms with Crippen LogP contribution in [0, 0.1) is 0 Å². The molecule has 0 saturated heterocycles. The summed E-state index contributed by atoms with van der Waals surface area (Å²) >= 11 is 0. The van der Waals surface area contributed by atoms with Crippen molar-refractivity contribution < 1.29 is 4.74 Å². The number of rotatable bonds is 6. The molecule has 0 atom stereocenters. The summed E-state index contributed by atoms with van der Waals surface area (Å²) < 4.78 is 6.79. The van der Waals surface area contributed by atoms with Crippen LogP contribution < -0.4 is 0 Å². The van der Waals surface area contributed by atoms with Gasteiger partial charge in [-0.05, 0) is 22.3 Å². The van der Waals surface area contributed by atoms with Gasteiger partial charge >= 0.3 is 0 Å². The van der Waals surface area contributed by atoms with Gasteiger partial charge < -0.3 is 4.74 Å². The van der Waals surface area contributed by atoms with Crippen LogP contribution >= 0.6 is 0 Å². The third-order valence-electron chi connectivity index (χ3n) is 4.68. The van der Waals surface area contributed by atoms with Gasteiger partial charge in [-0.3, -0.25) is 0 Å². The van der Waals surface area contributed by atoms with Crippen LogP contribution in [0.2, 0.25) is 0 Å². The van der Waals surface area contributed by atoms with Crippen molar-refractivity contribution >= 4 is 0 Å². The Morgan fingerprint density at radius 3 is 0.778 bits per heavy atom. The quantitative estimate of drug-likeness (QED) is 0.381. The summed E-state index contributed by atoms with van der Waals surface area (Å²) in [6, 6.07) is 41.7. The first kappa shape index (κ1) is 17.3. The Balaban J connectivity index is 1.77. The molecular weight excluding hydrogens is 328 g/mol. The Bertz CT molecular complexity index is 774. The van der Waals surface area contributed by atoms with E-state index in [9.17, 15) is 0 Å². The van der Waals surface area contributed by atoms with Gasteiger partial charge in [0, 0.05) is 0 Å². The molecule has 0 N–H and O–H groups in total. The van der Waals surface area contributed by atoms with E-state index in [4.69, 9.17) is 4.74 Å². The van der Waals surface area contributed by atoms with Crippen molar-refractivity contribution in [3.63, 3.8) is 0 Å². The van der Waals surface area contributed by atoms with Gasteiger partial charge in [0.1, 0.15) is 12.2 Å². The van der Waals surface area contributed by atoms with E-state index >= 15 is 0 Å². The molecule has 1 heteroatoms. The summed E-state index contributed by atoms with van der Waals surface area (Å²) in [5.41, 5.74) is 4.61. The summed E-state index contributed by atoms with van der Waals surface area (Å²) in [6.45, 7) is 0. The van der Waals surface area contributed by atoms with Crippen LogP contribution in [0.1, 0.15) is 34.5 Å². The van der Waals surface area contributed by atoms with E-state index in [1.807, 2.05) is 24.3 Å². The standard InChI is InChI=1S/C26H22O/c1-5-13-21(14-6-1)25(22-15-7-2-8-16-22)27-26(23-17-9-3-10-18-23)24-19-11-4-12-20-24/h1-20,25-26H. The van der Waals surface area contributed by atoms with Crippen molar-refractivity contribution in [2.45, 2.75) is 12.2 Å². The fourth-order valence-electron chi connectivity index (χ4n) is 3.35. The summed E-state index contributed by atoms with van der Waals surface area (Å²) in [6.07, 6.45) is -0.282. The van der Waals surface area contributed by atoms with Crippen LogP contribution in [0.15, 0.2) is 121 Å². The maximum atomic E-state index is 6.79. The molecule has 0 spiro atoms. The largest absolute Gasteiger partial charge is 0.356 e. The summed E-state index contributed by atoms with van der Waals surface area (Å²) in [4.78, 5) is 0. The van der Waals surface area contributed by atoms with Crippen LogP contribution in [0.5, 0.6) is 0 Å². The number of ether oxygens (including phenoxy) is 1.